The second-order valence-corrected chi connectivity index (χ2v) is 3.85. The highest BCUT2D eigenvalue weighted by atomic mass is 32.1. The molecule has 1 nitrogen and oxygen atoms in total. The molecule has 0 fully saturated rings. The van der Waals surface area contributed by atoms with Crippen molar-refractivity contribution in [2.45, 2.75) is 20.8 Å². The van der Waals surface area contributed by atoms with Gasteiger partial charge in [-0.15, -0.1) is 0 Å². The van der Waals surface area contributed by atoms with Gasteiger partial charge in [0.25, 0.3) is 0 Å². The van der Waals surface area contributed by atoms with Gasteiger partial charge in [0.2, 0.25) is 0 Å². The quantitative estimate of drug-likeness (QED) is 0.397. The van der Waals surface area contributed by atoms with Crippen molar-refractivity contribution in [1.82, 2.24) is 0 Å². The summed E-state index contributed by atoms with van der Waals surface area (Å²) in [5, 5.41) is 0. The molecule has 0 saturated heterocycles. The Hall–Kier alpha value is -0.240. The Labute approximate surface area is 80.7 Å². The highest BCUT2D eigenvalue weighted by molar-refractivity contribution is 7.80. The summed E-state index contributed by atoms with van der Waals surface area (Å²) in [6, 6.07) is 0. The van der Waals surface area contributed by atoms with Gasteiger partial charge < -0.3 is 4.79 Å². The molecule has 3 atom stereocenters. The SMILES string of the molecule is C=C(C)C(CS)C(C)C(C)C=O. The highest BCUT2D eigenvalue weighted by Gasteiger charge is 2.21. The molecule has 0 aromatic heterocycles. The lowest BCUT2D eigenvalue weighted by Gasteiger charge is -2.24. The summed E-state index contributed by atoms with van der Waals surface area (Å²) in [7, 11) is 0. The summed E-state index contributed by atoms with van der Waals surface area (Å²) in [5.41, 5.74) is 1.12. The van der Waals surface area contributed by atoms with Gasteiger partial charge in [-0.1, -0.05) is 26.0 Å². The Balaban J connectivity index is 4.29. The van der Waals surface area contributed by atoms with Crippen LogP contribution in [-0.2, 0) is 4.79 Å². The molecule has 0 radical (unpaired) electrons. The van der Waals surface area contributed by atoms with E-state index in [4.69, 9.17) is 0 Å². The van der Waals surface area contributed by atoms with E-state index in [1.165, 1.54) is 0 Å². The molecule has 0 saturated carbocycles. The second-order valence-electron chi connectivity index (χ2n) is 3.49. The average Bonchev–Trinajstić information content (AvgIpc) is 2.03. The Bertz CT molecular complexity index is 165. The third-order valence-electron chi connectivity index (χ3n) is 2.51. The minimum absolute atomic E-state index is 0.0962. The van der Waals surface area contributed by atoms with E-state index >= 15 is 0 Å². The first-order chi connectivity index (χ1) is 5.54. The number of thiol groups is 1. The Kier molecular flexibility index (Phi) is 5.31. The van der Waals surface area contributed by atoms with Crippen LogP contribution in [0.4, 0.5) is 0 Å². The molecule has 0 heterocycles. The topological polar surface area (TPSA) is 17.1 Å². The van der Waals surface area contributed by atoms with Gasteiger partial charge in [-0.2, -0.15) is 12.6 Å². The Morgan fingerprint density at radius 1 is 1.58 bits per heavy atom. The van der Waals surface area contributed by atoms with Crippen LogP contribution < -0.4 is 0 Å². The summed E-state index contributed by atoms with van der Waals surface area (Å²) in [6.07, 6.45) is 1.00. The number of hydrogen-bond acceptors (Lipinski definition) is 2. The predicted molar refractivity (Wildman–Crippen MR) is 56.5 cm³/mol. The monoisotopic (exact) mass is 186 g/mol. The zero-order valence-corrected chi connectivity index (χ0v) is 8.97. The molecule has 0 aliphatic heterocycles. The smallest absolute Gasteiger partial charge is 0.123 e. The van der Waals surface area contributed by atoms with Crippen molar-refractivity contribution in [1.29, 1.82) is 0 Å². The Morgan fingerprint density at radius 3 is 2.33 bits per heavy atom. The average molecular weight is 186 g/mol. The lowest BCUT2D eigenvalue weighted by molar-refractivity contribution is -0.112. The minimum Gasteiger partial charge on any atom is -0.303 e. The van der Waals surface area contributed by atoms with Gasteiger partial charge in [-0.25, -0.2) is 0 Å². The third kappa shape index (κ3) is 3.02. The summed E-state index contributed by atoms with van der Waals surface area (Å²) in [5.74, 6) is 1.57. The van der Waals surface area contributed by atoms with Crippen LogP contribution in [0.1, 0.15) is 20.8 Å². The van der Waals surface area contributed by atoms with E-state index in [2.05, 4.69) is 26.1 Å². The van der Waals surface area contributed by atoms with E-state index in [0.29, 0.717) is 11.8 Å². The van der Waals surface area contributed by atoms with Gasteiger partial charge in [0.15, 0.2) is 0 Å². The summed E-state index contributed by atoms with van der Waals surface area (Å²) >= 11 is 4.25. The first kappa shape index (κ1) is 11.8. The van der Waals surface area contributed by atoms with Crippen LogP contribution in [0.3, 0.4) is 0 Å². The maximum Gasteiger partial charge on any atom is 0.123 e. The van der Waals surface area contributed by atoms with Crippen LogP contribution in [0.15, 0.2) is 12.2 Å². The molecular weight excluding hydrogens is 168 g/mol. The standard InChI is InChI=1S/C10H18OS/c1-7(2)10(6-12)9(4)8(3)5-11/h5,8-10,12H,1,6H2,2-4H3. The van der Waals surface area contributed by atoms with Gasteiger partial charge in [-0.3, -0.25) is 0 Å². The number of aldehydes is 1. The molecule has 3 unspecified atom stereocenters. The maximum atomic E-state index is 10.5. The number of carbonyl (C=O) groups excluding carboxylic acids is 1. The maximum absolute atomic E-state index is 10.5. The number of carbonyl (C=O) groups is 1. The van der Waals surface area contributed by atoms with Crippen molar-refractivity contribution in [2.24, 2.45) is 17.8 Å². The molecule has 0 rings (SSSR count). The van der Waals surface area contributed by atoms with E-state index < -0.39 is 0 Å². The molecule has 0 N–H and O–H groups in total. The molecule has 0 aliphatic carbocycles. The largest absolute Gasteiger partial charge is 0.303 e. The molecule has 0 spiro atoms. The van der Waals surface area contributed by atoms with Gasteiger partial charge >= 0.3 is 0 Å². The molecule has 0 aliphatic rings. The molecule has 12 heavy (non-hydrogen) atoms. The number of rotatable bonds is 5. The first-order valence-corrected chi connectivity index (χ1v) is 4.89. The number of allylic oxidation sites excluding steroid dienone is 1. The van der Waals surface area contributed by atoms with E-state index in [-0.39, 0.29) is 5.92 Å². The highest BCUT2D eigenvalue weighted by Crippen LogP contribution is 2.25. The van der Waals surface area contributed by atoms with Crippen molar-refractivity contribution >= 4 is 18.9 Å². The molecule has 0 bridgehead atoms. The van der Waals surface area contributed by atoms with E-state index in [1.54, 1.807) is 0 Å². The fraction of sp³-hybridized carbons (Fsp3) is 0.700. The number of hydrogen-bond donors (Lipinski definition) is 1. The van der Waals surface area contributed by atoms with Crippen molar-refractivity contribution in [2.75, 3.05) is 5.75 Å². The minimum atomic E-state index is 0.0962. The molecular formula is C10H18OS. The molecule has 0 aromatic carbocycles. The summed E-state index contributed by atoms with van der Waals surface area (Å²) < 4.78 is 0. The summed E-state index contributed by atoms with van der Waals surface area (Å²) in [6.45, 7) is 9.91. The van der Waals surface area contributed by atoms with Crippen LogP contribution in [0, 0.1) is 17.8 Å². The second kappa shape index (κ2) is 5.41. The molecule has 0 aromatic rings. The van der Waals surface area contributed by atoms with E-state index in [1.807, 2.05) is 13.8 Å². The van der Waals surface area contributed by atoms with Crippen molar-refractivity contribution in [3.8, 4) is 0 Å². The normalized spacial score (nSPS) is 18.0. The molecule has 0 amide bonds. The lowest BCUT2D eigenvalue weighted by Crippen LogP contribution is -2.22. The van der Waals surface area contributed by atoms with E-state index in [0.717, 1.165) is 17.6 Å². The van der Waals surface area contributed by atoms with E-state index in [9.17, 15) is 4.79 Å². The van der Waals surface area contributed by atoms with Crippen molar-refractivity contribution < 1.29 is 4.79 Å². The van der Waals surface area contributed by atoms with Crippen LogP contribution in [0.5, 0.6) is 0 Å². The van der Waals surface area contributed by atoms with Gasteiger partial charge in [-0.05, 0) is 24.5 Å². The fourth-order valence-electron chi connectivity index (χ4n) is 1.26. The van der Waals surface area contributed by atoms with Crippen molar-refractivity contribution in [3.05, 3.63) is 12.2 Å². The zero-order valence-electron chi connectivity index (χ0n) is 8.08. The molecule has 70 valence electrons. The predicted octanol–water partition coefficient (Wildman–Crippen LogP) is 2.58. The van der Waals surface area contributed by atoms with Crippen LogP contribution in [-0.4, -0.2) is 12.0 Å². The van der Waals surface area contributed by atoms with Crippen molar-refractivity contribution in [3.63, 3.8) is 0 Å². The molecule has 2 heteroatoms. The first-order valence-electron chi connectivity index (χ1n) is 4.26. The van der Waals surface area contributed by atoms with Gasteiger partial charge in [0, 0.05) is 5.92 Å². The van der Waals surface area contributed by atoms with Crippen LogP contribution in [0.2, 0.25) is 0 Å². The zero-order chi connectivity index (χ0) is 9.72. The lowest BCUT2D eigenvalue weighted by atomic mass is 9.82. The van der Waals surface area contributed by atoms with Gasteiger partial charge in [0.1, 0.15) is 6.29 Å². The fourth-order valence-corrected chi connectivity index (χ4v) is 1.91. The third-order valence-corrected chi connectivity index (χ3v) is 2.90. The Morgan fingerprint density at radius 2 is 2.08 bits per heavy atom. The van der Waals surface area contributed by atoms with Crippen LogP contribution in [0.25, 0.3) is 0 Å². The summed E-state index contributed by atoms with van der Waals surface area (Å²) in [4.78, 5) is 10.5. The van der Waals surface area contributed by atoms with Crippen LogP contribution >= 0.6 is 12.6 Å². The van der Waals surface area contributed by atoms with Gasteiger partial charge in [0.05, 0.1) is 0 Å².